The van der Waals surface area contributed by atoms with Crippen LogP contribution in [-0.2, 0) is 14.3 Å². The quantitative estimate of drug-likeness (QED) is 0.0321. The number of aliphatic hydroxyl groups is 2. The number of aliphatic hydroxyl groups excluding tert-OH is 2. The number of ether oxygens (including phenoxy) is 1. The monoisotopic (exact) mass is 944 g/mol. The molecular weight excluding hydrogens is 827 g/mol. The van der Waals surface area contributed by atoms with Crippen LogP contribution in [0.2, 0.25) is 0 Å². The summed E-state index contributed by atoms with van der Waals surface area (Å²) in [6.45, 7) is 4.90. The molecule has 6 nitrogen and oxygen atoms in total. The number of hydrogen-bond acceptors (Lipinski definition) is 5. The first-order valence-corrected chi connectivity index (χ1v) is 30.1. The van der Waals surface area contributed by atoms with Crippen molar-refractivity contribution in [2.45, 2.75) is 341 Å². The number of unbranched alkanes of at least 4 members (excludes halogenated alkanes) is 41. The Bertz CT molecular complexity index is 1040. The van der Waals surface area contributed by atoms with Gasteiger partial charge in [-0.15, -0.1) is 0 Å². The molecular formula is C61H117NO5. The fourth-order valence-electron chi connectivity index (χ4n) is 9.39. The Hall–Kier alpha value is -1.66. The zero-order valence-electron chi connectivity index (χ0n) is 45.1. The van der Waals surface area contributed by atoms with Crippen molar-refractivity contribution in [3.8, 4) is 0 Å². The largest absolute Gasteiger partial charge is 0.466 e. The number of allylic oxidation sites excluding steroid dienone is 4. The summed E-state index contributed by atoms with van der Waals surface area (Å²) < 4.78 is 5.46. The standard InChI is InChI=1S/C61H117NO5/c1-3-5-7-9-11-13-15-17-18-23-26-30-33-37-41-45-49-53-59(64)58(57-63)62-60(65)54-50-46-42-38-34-31-27-24-21-19-20-22-25-28-32-36-40-44-48-52-56-67-61(66)55-51-47-43-39-35-29-16-14-12-10-8-6-4-2/h8,10,14,16,58-59,63-64H,3-7,9,11-13,15,17-57H2,1-2H3,(H,62,65)/b10-8-,16-14-. The van der Waals surface area contributed by atoms with Gasteiger partial charge in [-0.2, -0.15) is 0 Å². The topological polar surface area (TPSA) is 95.9 Å². The third kappa shape index (κ3) is 53.5. The first kappa shape index (κ1) is 65.3. The number of carbonyl (C=O) groups is 2. The van der Waals surface area contributed by atoms with Gasteiger partial charge in [-0.1, -0.05) is 289 Å². The van der Waals surface area contributed by atoms with E-state index in [1.165, 1.54) is 244 Å². The minimum absolute atomic E-state index is 0.00437. The lowest BCUT2D eigenvalue weighted by Crippen LogP contribution is -2.45. The van der Waals surface area contributed by atoms with Crippen LogP contribution in [0, 0.1) is 0 Å². The molecule has 0 spiro atoms. The second-order valence-corrected chi connectivity index (χ2v) is 20.7. The van der Waals surface area contributed by atoms with Gasteiger partial charge in [0.1, 0.15) is 0 Å². The van der Waals surface area contributed by atoms with E-state index in [1.807, 2.05) is 0 Å². The van der Waals surface area contributed by atoms with Gasteiger partial charge in [0.2, 0.25) is 5.91 Å². The van der Waals surface area contributed by atoms with E-state index >= 15 is 0 Å². The van der Waals surface area contributed by atoms with Crippen molar-refractivity contribution in [1.29, 1.82) is 0 Å². The summed E-state index contributed by atoms with van der Waals surface area (Å²) >= 11 is 0. The maximum atomic E-state index is 12.5. The van der Waals surface area contributed by atoms with Crippen LogP contribution >= 0.6 is 0 Å². The second kappa shape index (κ2) is 56.9. The van der Waals surface area contributed by atoms with Crippen molar-refractivity contribution in [2.24, 2.45) is 0 Å². The molecule has 0 saturated heterocycles. The zero-order valence-corrected chi connectivity index (χ0v) is 45.1. The van der Waals surface area contributed by atoms with Gasteiger partial charge in [-0.05, 0) is 51.4 Å². The predicted octanol–water partition coefficient (Wildman–Crippen LogP) is 18.6. The summed E-state index contributed by atoms with van der Waals surface area (Å²) in [4.78, 5) is 24.5. The van der Waals surface area contributed by atoms with Gasteiger partial charge in [-0.3, -0.25) is 9.59 Å². The Morgan fingerprint density at radius 3 is 1.19 bits per heavy atom. The van der Waals surface area contributed by atoms with Gasteiger partial charge >= 0.3 is 5.97 Å². The second-order valence-electron chi connectivity index (χ2n) is 20.7. The van der Waals surface area contributed by atoms with E-state index in [1.54, 1.807) is 0 Å². The van der Waals surface area contributed by atoms with E-state index in [9.17, 15) is 19.8 Å². The molecule has 0 saturated carbocycles. The number of nitrogens with one attached hydrogen (secondary N) is 1. The highest BCUT2D eigenvalue weighted by Crippen LogP contribution is 2.18. The van der Waals surface area contributed by atoms with Crippen molar-refractivity contribution in [2.75, 3.05) is 13.2 Å². The molecule has 0 aromatic carbocycles. The summed E-state index contributed by atoms with van der Waals surface area (Å²) in [5, 5.41) is 23.3. The van der Waals surface area contributed by atoms with Gasteiger partial charge in [0, 0.05) is 12.8 Å². The van der Waals surface area contributed by atoms with Crippen LogP contribution in [0.3, 0.4) is 0 Å². The molecule has 0 aliphatic carbocycles. The Labute approximate surface area is 418 Å². The van der Waals surface area contributed by atoms with Crippen molar-refractivity contribution in [3.63, 3.8) is 0 Å². The third-order valence-corrected chi connectivity index (χ3v) is 14.0. The van der Waals surface area contributed by atoms with Gasteiger partial charge in [-0.25, -0.2) is 0 Å². The van der Waals surface area contributed by atoms with Crippen molar-refractivity contribution in [3.05, 3.63) is 24.3 Å². The van der Waals surface area contributed by atoms with Crippen LogP contribution in [0.1, 0.15) is 328 Å². The fraction of sp³-hybridized carbons (Fsp3) is 0.902. The van der Waals surface area contributed by atoms with Crippen LogP contribution in [0.15, 0.2) is 24.3 Å². The first-order chi connectivity index (χ1) is 33.0. The number of hydrogen-bond donors (Lipinski definition) is 3. The van der Waals surface area contributed by atoms with Crippen LogP contribution in [0.25, 0.3) is 0 Å². The molecule has 0 heterocycles. The molecule has 0 aliphatic heterocycles. The fourth-order valence-corrected chi connectivity index (χ4v) is 9.39. The molecule has 0 aromatic rings. The third-order valence-electron chi connectivity index (χ3n) is 14.0. The Balaban J connectivity index is 3.40. The summed E-state index contributed by atoms with van der Waals surface area (Å²) in [7, 11) is 0. The molecule has 0 rings (SSSR count). The molecule has 2 unspecified atom stereocenters. The van der Waals surface area contributed by atoms with E-state index in [4.69, 9.17) is 4.74 Å². The van der Waals surface area contributed by atoms with E-state index in [2.05, 4.69) is 43.5 Å². The Kier molecular flexibility index (Phi) is 55.5. The average Bonchev–Trinajstić information content (AvgIpc) is 3.33. The lowest BCUT2D eigenvalue weighted by Gasteiger charge is -2.22. The molecule has 0 aliphatic rings. The van der Waals surface area contributed by atoms with E-state index in [0.717, 1.165) is 51.4 Å². The number of carbonyl (C=O) groups excluding carboxylic acids is 2. The molecule has 1 amide bonds. The van der Waals surface area contributed by atoms with E-state index < -0.39 is 12.1 Å². The number of rotatable bonds is 56. The van der Waals surface area contributed by atoms with Gasteiger partial charge in [0.05, 0.1) is 25.4 Å². The lowest BCUT2D eigenvalue weighted by atomic mass is 10.0. The van der Waals surface area contributed by atoms with Crippen LogP contribution < -0.4 is 5.32 Å². The lowest BCUT2D eigenvalue weighted by molar-refractivity contribution is -0.143. The summed E-state index contributed by atoms with van der Waals surface area (Å²) in [5.41, 5.74) is 0. The van der Waals surface area contributed by atoms with Crippen molar-refractivity contribution in [1.82, 2.24) is 5.32 Å². The molecule has 0 fully saturated rings. The SMILES string of the molecule is CCC/C=C\C/C=C\CCCCCCCC(=O)OCCCCCCCCCCCCCCCCCCCCCCC(=O)NC(CO)C(O)CCCCCCCCCCCCCCCCCCC. The molecule has 396 valence electrons. The van der Waals surface area contributed by atoms with E-state index in [-0.39, 0.29) is 18.5 Å². The minimum Gasteiger partial charge on any atom is -0.466 e. The minimum atomic E-state index is -0.666. The molecule has 67 heavy (non-hydrogen) atoms. The summed E-state index contributed by atoms with van der Waals surface area (Å²) in [6.07, 6.45) is 68.9. The van der Waals surface area contributed by atoms with Crippen LogP contribution in [-0.4, -0.2) is 47.4 Å². The first-order valence-electron chi connectivity index (χ1n) is 30.1. The average molecular weight is 945 g/mol. The van der Waals surface area contributed by atoms with Crippen molar-refractivity contribution < 1.29 is 24.5 Å². The zero-order chi connectivity index (χ0) is 48.6. The molecule has 2 atom stereocenters. The van der Waals surface area contributed by atoms with E-state index in [0.29, 0.717) is 25.9 Å². The van der Waals surface area contributed by atoms with Gasteiger partial charge in [0.25, 0.3) is 0 Å². The number of esters is 1. The molecule has 3 N–H and O–H groups in total. The van der Waals surface area contributed by atoms with Gasteiger partial charge < -0.3 is 20.3 Å². The van der Waals surface area contributed by atoms with Gasteiger partial charge in [0.15, 0.2) is 0 Å². The molecule has 0 radical (unpaired) electrons. The Morgan fingerprint density at radius 2 is 0.776 bits per heavy atom. The predicted molar refractivity (Wildman–Crippen MR) is 292 cm³/mol. The normalized spacial score (nSPS) is 12.7. The molecule has 0 bridgehead atoms. The highest BCUT2D eigenvalue weighted by atomic mass is 16.5. The van der Waals surface area contributed by atoms with Crippen LogP contribution in [0.5, 0.6) is 0 Å². The summed E-state index contributed by atoms with van der Waals surface area (Å²) in [5.74, 6) is -0.0391. The highest BCUT2D eigenvalue weighted by Gasteiger charge is 2.20. The Morgan fingerprint density at radius 1 is 0.418 bits per heavy atom. The smallest absolute Gasteiger partial charge is 0.305 e. The highest BCUT2D eigenvalue weighted by molar-refractivity contribution is 5.76. The number of amides is 1. The maximum absolute atomic E-state index is 12.5. The maximum Gasteiger partial charge on any atom is 0.305 e. The molecule has 0 aromatic heterocycles. The van der Waals surface area contributed by atoms with Crippen molar-refractivity contribution >= 4 is 11.9 Å². The van der Waals surface area contributed by atoms with Crippen LogP contribution in [0.4, 0.5) is 0 Å². The molecule has 6 heteroatoms. The summed E-state index contributed by atoms with van der Waals surface area (Å²) in [6, 6.07) is -0.543.